The van der Waals surface area contributed by atoms with E-state index in [9.17, 15) is 18.0 Å². The molecule has 0 saturated carbocycles. The molecule has 2 N–H and O–H groups in total. The minimum Gasteiger partial charge on any atom is -0.482 e. The van der Waals surface area contributed by atoms with Gasteiger partial charge < -0.3 is 14.6 Å². The van der Waals surface area contributed by atoms with Gasteiger partial charge in [0, 0.05) is 6.07 Å². The highest BCUT2D eigenvalue weighted by Gasteiger charge is 2.28. The molecule has 0 bridgehead atoms. The van der Waals surface area contributed by atoms with Crippen LogP contribution in [0.15, 0.2) is 28.8 Å². The number of benzene rings is 1. The first-order valence-corrected chi connectivity index (χ1v) is 7.00. The second-order valence-corrected chi connectivity index (χ2v) is 5.14. The molecule has 0 aliphatic carbocycles. The van der Waals surface area contributed by atoms with E-state index in [4.69, 9.17) is 9.26 Å². The Hall–Kier alpha value is -2.71. The van der Waals surface area contributed by atoms with E-state index in [1.54, 1.807) is 32.0 Å². The van der Waals surface area contributed by atoms with Gasteiger partial charge >= 0.3 is 6.18 Å². The number of nitrogens with one attached hydrogen (secondary N) is 2. The predicted octanol–water partition coefficient (Wildman–Crippen LogP) is 3.28. The molecule has 2 rings (SSSR count). The summed E-state index contributed by atoms with van der Waals surface area (Å²) < 4.78 is 46.5. The Morgan fingerprint density at radius 2 is 2.04 bits per heavy atom. The van der Waals surface area contributed by atoms with E-state index in [0.717, 1.165) is 5.56 Å². The normalized spacial score (nSPS) is 11.2. The number of ether oxygens (including phenoxy) is 1. The van der Waals surface area contributed by atoms with Crippen molar-refractivity contribution in [3.63, 3.8) is 0 Å². The number of amides is 1. The topological polar surface area (TPSA) is 76.4 Å². The van der Waals surface area contributed by atoms with Gasteiger partial charge in [-0.15, -0.1) is 0 Å². The number of alkyl halides is 3. The molecule has 0 atom stereocenters. The molecule has 2 aromatic rings. The summed E-state index contributed by atoms with van der Waals surface area (Å²) in [6, 6.07) is 6.25. The van der Waals surface area contributed by atoms with Gasteiger partial charge in [-0.05, 0) is 31.5 Å². The average Bonchev–Trinajstić information content (AvgIpc) is 2.88. The van der Waals surface area contributed by atoms with Crippen molar-refractivity contribution in [2.45, 2.75) is 20.0 Å². The Bertz CT molecular complexity index is 713. The number of rotatable bonds is 6. The van der Waals surface area contributed by atoms with Crippen molar-refractivity contribution in [3.05, 3.63) is 35.5 Å². The van der Waals surface area contributed by atoms with Gasteiger partial charge in [0.1, 0.15) is 5.75 Å². The molecular weight excluding hydrogens is 327 g/mol. The summed E-state index contributed by atoms with van der Waals surface area (Å²) >= 11 is 0. The van der Waals surface area contributed by atoms with E-state index in [2.05, 4.69) is 15.8 Å². The second kappa shape index (κ2) is 7.24. The molecule has 0 aliphatic rings. The van der Waals surface area contributed by atoms with Crippen LogP contribution in [0.3, 0.4) is 0 Å². The van der Waals surface area contributed by atoms with E-state index in [-0.39, 0.29) is 23.9 Å². The molecule has 0 fully saturated rings. The molecule has 24 heavy (non-hydrogen) atoms. The average molecular weight is 343 g/mol. The maximum absolute atomic E-state index is 12.3. The number of carbonyl (C=O) groups is 1. The zero-order valence-corrected chi connectivity index (χ0v) is 13.0. The highest BCUT2D eigenvalue weighted by Crippen LogP contribution is 2.27. The number of aryl methyl sites for hydroxylation is 2. The van der Waals surface area contributed by atoms with Crippen LogP contribution < -0.4 is 15.4 Å². The van der Waals surface area contributed by atoms with E-state index >= 15 is 0 Å². The summed E-state index contributed by atoms with van der Waals surface area (Å²) in [5.74, 6) is -0.221. The van der Waals surface area contributed by atoms with E-state index in [0.29, 0.717) is 5.69 Å². The van der Waals surface area contributed by atoms with Crippen LogP contribution in [0.4, 0.5) is 24.7 Å². The standard InChI is InChI=1S/C15H16F3N3O3/c1-9-3-4-11(12(5-9)23-8-15(16,17)18)19-7-13(22)20-14-6-10(2)21-24-14/h3-6,19H,7-8H2,1-2H3,(H,20,22). The summed E-state index contributed by atoms with van der Waals surface area (Å²) in [6.07, 6.45) is -4.44. The Kier molecular flexibility index (Phi) is 5.32. The number of hydrogen-bond acceptors (Lipinski definition) is 5. The third kappa shape index (κ3) is 5.49. The molecule has 9 heteroatoms. The zero-order chi connectivity index (χ0) is 17.7. The summed E-state index contributed by atoms with van der Waals surface area (Å²) in [5, 5.41) is 8.83. The Labute approximate surface area is 136 Å². The van der Waals surface area contributed by atoms with Crippen molar-refractivity contribution in [2.24, 2.45) is 0 Å². The minimum absolute atomic E-state index is 0.0237. The first-order valence-electron chi connectivity index (χ1n) is 7.00. The largest absolute Gasteiger partial charge is 0.482 e. The van der Waals surface area contributed by atoms with Crippen molar-refractivity contribution in [3.8, 4) is 5.75 Å². The van der Waals surface area contributed by atoms with Gasteiger partial charge in [-0.25, -0.2) is 0 Å². The highest BCUT2D eigenvalue weighted by atomic mass is 19.4. The predicted molar refractivity (Wildman–Crippen MR) is 81.1 cm³/mol. The van der Waals surface area contributed by atoms with Crippen molar-refractivity contribution >= 4 is 17.5 Å². The molecular formula is C15H16F3N3O3. The van der Waals surface area contributed by atoms with Crippen LogP contribution in [0, 0.1) is 13.8 Å². The van der Waals surface area contributed by atoms with E-state index in [1.807, 2.05) is 0 Å². The maximum atomic E-state index is 12.3. The zero-order valence-electron chi connectivity index (χ0n) is 13.0. The molecule has 0 aliphatic heterocycles. The molecule has 1 aromatic carbocycles. The summed E-state index contributed by atoms with van der Waals surface area (Å²) in [5.41, 5.74) is 1.63. The molecule has 1 amide bonds. The number of anilines is 2. The lowest BCUT2D eigenvalue weighted by molar-refractivity contribution is -0.153. The van der Waals surface area contributed by atoms with Gasteiger partial charge in [0.15, 0.2) is 6.61 Å². The lowest BCUT2D eigenvalue weighted by Gasteiger charge is -2.15. The summed E-state index contributed by atoms with van der Waals surface area (Å²) in [4.78, 5) is 11.8. The van der Waals surface area contributed by atoms with Gasteiger partial charge in [0.05, 0.1) is 17.9 Å². The van der Waals surface area contributed by atoms with Crippen LogP contribution in [0.1, 0.15) is 11.3 Å². The van der Waals surface area contributed by atoms with Gasteiger partial charge in [0.25, 0.3) is 0 Å². The smallest absolute Gasteiger partial charge is 0.422 e. The third-order valence-corrected chi connectivity index (χ3v) is 2.86. The van der Waals surface area contributed by atoms with Crippen LogP contribution in [-0.2, 0) is 4.79 Å². The molecule has 1 heterocycles. The molecule has 0 radical (unpaired) electrons. The van der Waals surface area contributed by atoms with Crippen LogP contribution in [0.2, 0.25) is 0 Å². The lowest BCUT2D eigenvalue weighted by atomic mass is 10.2. The maximum Gasteiger partial charge on any atom is 0.422 e. The number of halogens is 3. The van der Waals surface area contributed by atoms with Crippen molar-refractivity contribution < 1.29 is 27.2 Å². The van der Waals surface area contributed by atoms with Gasteiger partial charge in [-0.2, -0.15) is 13.2 Å². The van der Waals surface area contributed by atoms with Crippen LogP contribution in [0.5, 0.6) is 5.75 Å². The fourth-order valence-corrected chi connectivity index (χ4v) is 1.83. The first-order chi connectivity index (χ1) is 11.2. The van der Waals surface area contributed by atoms with E-state index in [1.165, 1.54) is 6.07 Å². The SMILES string of the molecule is Cc1ccc(NCC(=O)Nc2cc(C)no2)c(OCC(F)(F)F)c1. The van der Waals surface area contributed by atoms with Gasteiger partial charge in [-0.1, -0.05) is 11.2 Å². The van der Waals surface area contributed by atoms with Crippen molar-refractivity contribution in [2.75, 3.05) is 23.8 Å². The third-order valence-electron chi connectivity index (χ3n) is 2.86. The van der Waals surface area contributed by atoms with Crippen LogP contribution in [-0.4, -0.2) is 30.4 Å². The monoisotopic (exact) mass is 343 g/mol. The highest BCUT2D eigenvalue weighted by molar-refractivity contribution is 5.92. The number of aromatic nitrogens is 1. The fraction of sp³-hybridized carbons (Fsp3) is 0.333. The Balaban J connectivity index is 1.97. The molecule has 0 saturated heterocycles. The van der Waals surface area contributed by atoms with Crippen molar-refractivity contribution in [1.82, 2.24) is 5.16 Å². The lowest BCUT2D eigenvalue weighted by Crippen LogP contribution is -2.23. The summed E-state index contributed by atoms with van der Waals surface area (Å²) in [6.45, 7) is 1.84. The number of hydrogen-bond donors (Lipinski definition) is 2. The number of nitrogens with zero attached hydrogens (tertiary/aromatic N) is 1. The first kappa shape index (κ1) is 17.6. The minimum atomic E-state index is -4.44. The molecule has 0 unspecified atom stereocenters. The van der Waals surface area contributed by atoms with Crippen LogP contribution in [0.25, 0.3) is 0 Å². The van der Waals surface area contributed by atoms with E-state index < -0.39 is 18.7 Å². The number of carbonyl (C=O) groups excluding carboxylic acids is 1. The molecule has 1 aromatic heterocycles. The molecule has 0 spiro atoms. The summed E-state index contributed by atoms with van der Waals surface area (Å²) in [7, 11) is 0. The Morgan fingerprint density at radius 3 is 2.67 bits per heavy atom. The van der Waals surface area contributed by atoms with Crippen LogP contribution >= 0.6 is 0 Å². The second-order valence-electron chi connectivity index (χ2n) is 5.14. The van der Waals surface area contributed by atoms with Crippen molar-refractivity contribution in [1.29, 1.82) is 0 Å². The van der Waals surface area contributed by atoms with Gasteiger partial charge in [0.2, 0.25) is 11.8 Å². The molecule has 6 nitrogen and oxygen atoms in total. The molecule has 130 valence electrons. The Morgan fingerprint density at radius 1 is 1.29 bits per heavy atom. The quantitative estimate of drug-likeness (QED) is 0.842. The fourth-order valence-electron chi connectivity index (χ4n) is 1.83. The van der Waals surface area contributed by atoms with Gasteiger partial charge in [-0.3, -0.25) is 10.1 Å².